The Balaban J connectivity index is 1.90. The molecule has 0 saturated heterocycles. The number of benzene rings is 2. The van der Waals surface area contributed by atoms with Crippen molar-refractivity contribution < 1.29 is 13.9 Å². The maximum Gasteiger partial charge on any atom is 0.160 e. The smallest absolute Gasteiger partial charge is 0.160 e. The molecule has 0 atom stereocenters. The SMILES string of the molecule is COc1ccc(CCCc2oc(C(C)C)c(CC(C)C)c2-c2ccc(Br)cc2)cc1OC. The van der Waals surface area contributed by atoms with Crippen molar-refractivity contribution in [3.8, 4) is 22.6 Å². The maximum absolute atomic E-state index is 6.56. The van der Waals surface area contributed by atoms with Crippen LogP contribution in [0.3, 0.4) is 0 Å². The first-order chi connectivity index (χ1) is 15.3. The molecule has 0 N–H and O–H groups in total. The molecule has 0 aliphatic rings. The first-order valence-corrected chi connectivity index (χ1v) is 12.2. The van der Waals surface area contributed by atoms with Gasteiger partial charge in [0.15, 0.2) is 11.5 Å². The van der Waals surface area contributed by atoms with Gasteiger partial charge in [-0.3, -0.25) is 0 Å². The zero-order valence-electron chi connectivity index (χ0n) is 20.1. The lowest BCUT2D eigenvalue weighted by Crippen LogP contribution is -2.00. The second-order valence-corrected chi connectivity index (χ2v) is 9.96. The molecule has 0 fully saturated rings. The third-order valence-electron chi connectivity index (χ3n) is 5.70. The van der Waals surface area contributed by atoms with Crippen molar-refractivity contribution in [1.29, 1.82) is 0 Å². The van der Waals surface area contributed by atoms with E-state index >= 15 is 0 Å². The molecule has 0 spiro atoms. The van der Waals surface area contributed by atoms with Crippen LogP contribution in [0.25, 0.3) is 11.1 Å². The number of hydrogen-bond donors (Lipinski definition) is 0. The summed E-state index contributed by atoms with van der Waals surface area (Å²) in [6.45, 7) is 9.00. The fourth-order valence-electron chi connectivity index (χ4n) is 4.23. The Morgan fingerprint density at radius 1 is 0.875 bits per heavy atom. The number of ether oxygens (including phenoxy) is 2. The van der Waals surface area contributed by atoms with Gasteiger partial charge in [0.25, 0.3) is 0 Å². The predicted molar refractivity (Wildman–Crippen MR) is 136 cm³/mol. The largest absolute Gasteiger partial charge is 0.493 e. The summed E-state index contributed by atoms with van der Waals surface area (Å²) in [6, 6.07) is 14.8. The Labute approximate surface area is 201 Å². The van der Waals surface area contributed by atoms with Gasteiger partial charge in [-0.1, -0.05) is 61.8 Å². The Bertz CT molecular complexity index is 1020. The van der Waals surface area contributed by atoms with Gasteiger partial charge in [0.2, 0.25) is 0 Å². The van der Waals surface area contributed by atoms with E-state index in [1.807, 2.05) is 6.07 Å². The minimum Gasteiger partial charge on any atom is -0.493 e. The van der Waals surface area contributed by atoms with Crippen molar-refractivity contribution in [2.45, 2.75) is 59.3 Å². The van der Waals surface area contributed by atoms with Crippen molar-refractivity contribution >= 4 is 15.9 Å². The number of aryl methyl sites for hydroxylation is 2. The van der Waals surface area contributed by atoms with Crippen LogP contribution in [0.1, 0.15) is 62.7 Å². The van der Waals surface area contributed by atoms with E-state index in [1.165, 1.54) is 22.3 Å². The highest BCUT2D eigenvalue weighted by molar-refractivity contribution is 9.10. The highest BCUT2D eigenvalue weighted by Gasteiger charge is 2.23. The summed E-state index contributed by atoms with van der Waals surface area (Å²) < 4.78 is 18.5. The molecule has 1 aromatic heterocycles. The van der Waals surface area contributed by atoms with Crippen molar-refractivity contribution in [3.63, 3.8) is 0 Å². The van der Waals surface area contributed by atoms with Gasteiger partial charge < -0.3 is 13.9 Å². The molecular formula is C28H35BrO3. The molecule has 3 rings (SSSR count). The molecule has 3 aromatic rings. The minimum absolute atomic E-state index is 0.359. The molecule has 1 heterocycles. The Hall–Kier alpha value is -2.20. The van der Waals surface area contributed by atoms with Gasteiger partial charge in [-0.15, -0.1) is 0 Å². The van der Waals surface area contributed by atoms with Crippen LogP contribution in [-0.2, 0) is 19.3 Å². The number of halogens is 1. The van der Waals surface area contributed by atoms with E-state index in [4.69, 9.17) is 13.9 Å². The summed E-state index contributed by atoms with van der Waals surface area (Å²) in [4.78, 5) is 0. The summed E-state index contributed by atoms with van der Waals surface area (Å²) >= 11 is 3.57. The second-order valence-electron chi connectivity index (χ2n) is 9.05. The van der Waals surface area contributed by atoms with Crippen LogP contribution in [0.15, 0.2) is 51.4 Å². The molecule has 0 aliphatic heterocycles. The highest BCUT2D eigenvalue weighted by Crippen LogP contribution is 2.39. The van der Waals surface area contributed by atoms with Crippen LogP contribution in [0.4, 0.5) is 0 Å². The van der Waals surface area contributed by atoms with Gasteiger partial charge in [-0.05, 0) is 60.6 Å². The molecule has 0 saturated carbocycles. The van der Waals surface area contributed by atoms with E-state index in [2.05, 4.69) is 80.0 Å². The van der Waals surface area contributed by atoms with E-state index in [-0.39, 0.29) is 0 Å². The third kappa shape index (κ3) is 5.78. The molecule has 4 heteroatoms. The Kier molecular flexibility index (Phi) is 8.47. The zero-order valence-corrected chi connectivity index (χ0v) is 21.7. The van der Waals surface area contributed by atoms with Crippen LogP contribution in [0.2, 0.25) is 0 Å². The topological polar surface area (TPSA) is 31.6 Å². The molecule has 3 nitrogen and oxygen atoms in total. The lowest BCUT2D eigenvalue weighted by Gasteiger charge is -2.11. The first kappa shape index (κ1) is 24.4. The van der Waals surface area contributed by atoms with E-state index in [1.54, 1.807) is 14.2 Å². The second kappa shape index (κ2) is 11.1. The molecule has 2 aromatic carbocycles. The lowest BCUT2D eigenvalue weighted by molar-refractivity contribution is 0.354. The molecule has 0 bridgehead atoms. The Morgan fingerprint density at radius 3 is 2.16 bits per heavy atom. The van der Waals surface area contributed by atoms with Crippen molar-refractivity contribution in [3.05, 3.63) is 69.6 Å². The van der Waals surface area contributed by atoms with Gasteiger partial charge in [0, 0.05) is 27.9 Å². The molecule has 0 unspecified atom stereocenters. The fourth-order valence-corrected chi connectivity index (χ4v) is 4.50. The Morgan fingerprint density at radius 2 is 1.56 bits per heavy atom. The molecule has 172 valence electrons. The van der Waals surface area contributed by atoms with Crippen LogP contribution in [0, 0.1) is 5.92 Å². The zero-order chi connectivity index (χ0) is 23.3. The number of hydrogen-bond acceptors (Lipinski definition) is 3. The summed E-state index contributed by atoms with van der Waals surface area (Å²) in [7, 11) is 3.35. The normalized spacial score (nSPS) is 11.4. The quantitative estimate of drug-likeness (QED) is 0.282. The van der Waals surface area contributed by atoms with Crippen LogP contribution < -0.4 is 9.47 Å². The van der Waals surface area contributed by atoms with E-state index in [0.717, 1.165) is 53.2 Å². The summed E-state index contributed by atoms with van der Waals surface area (Å²) in [5, 5.41) is 0. The first-order valence-electron chi connectivity index (χ1n) is 11.4. The van der Waals surface area contributed by atoms with Crippen LogP contribution >= 0.6 is 15.9 Å². The summed E-state index contributed by atoms with van der Waals surface area (Å²) in [6.07, 6.45) is 3.89. The minimum atomic E-state index is 0.359. The van der Waals surface area contributed by atoms with Crippen molar-refractivity contribution in [2.75, 3.05) is 14.2 Å². The van der Waals surface area contributed by atoms with Crippen molar-refractivity contribution in [2.24, 2.45) is 5.92 Å². The highest BCUT2D eigenvalue weighted by atomic mass is 79.9. The van der Waals surface area contributed by atoms with Gasteiger partial charge >= 0.3 is 0 Å². The average Bonchev–Trinajstić information content (AvgIpc) is 3.11. The maximum atomic E-state index is 6.56. The number of furan rings is 1. The van der Waals surface area contributed by atoms with Gasteiger partial charge in [0.1, 0.15) is 11.5 Å². The third-order valence-corrected chi connectivity index (χ3v) is 6.23. The molecule has 0 aliphatic carbocycles. The standard InChI is InChI=1S/C28H35BrO3/c1-18(2)16-23-27(21-11-13-22(29)14-12-21)25(32-28(23)19(3)4)9-7-8-20-10-15-24(30-5)26(17-20)31-6/h10-15,17-19H,7-9,16H2,1-6H3. The average molecular weight is 499 g/mol. The van der Waals surface area contributed by atoms with E-state index < -0.39 is 0 Å². The molecule has 0 radical (unpaired) electrons. The van der Waals surface area contributed by atoms with Crippen LogP contribution in [0.5, 0.6) is 11.5 Å². The summed E-state index contributed by atoms with van der Waals surface area (Å²) in [5.74, 6) is 4.71. The predicted octanol–water partition coefficient (Wildman–Crippen LogP) is 8.22. The van der Waals surface area contributed by atoms with Gasteiger partial charge in [0.05, 0.1) is 14.2 Å². The molecule has 32 heavy (non-hydrogen) atoms. The van der Waals surface area contributed by atoms with Crippen molar-refractivity contribution in [1.82, 2.24) is 0 Å². The monoisotopic (exact) mass is 498 g/mol. The van der Waals surface area contributed by atoms with Gasteiger partial charge in [-0.2, -0.15) is 0 Å². The fraction of sp³-hybridized carbons (Fsp3) is 0.429. The molecule has 0 amide bonds. The molecular weight excluding hydrogens is 464 g/mol. The van der Waals surface area contributed by atoms with E-state index in [9.17, 15) is 0 Å². The van der Waals surface area contributed by atoms with Gasteiger partial charge in [-0.25, -0.2) is 0 Å². The number of methoxy groups -OCH3 is 2. The lowest BCUT2D eigenvalue weighted by atomic mass is 9.90. The van der Waals surface area contributed by atoms with E-state index in [0.29, 0.717) is 11.8 Å². The summed E-state index contributed by atoms with van der Waals surface area (Å²) in [5.41, 5.74) is 5.15. The van der Waals surface area contributed by atoms with Crippen LogP contribution in [-0.4, -0.2) is 14.2 Å². The number of rotatable bonds is 10.